The van der Waals surface area contributed by atoms with Crippen LogP contribution < -0.4 is 10.0 Å². The van der Waals surface area contributed by atoms with Gasteiger partial charge in [-0.15, -0.1) is 0 Å². The number of nitro groups is 1. The molecule has 202 valence electrons. The Morgan fingerprint density at radius 1 is 0.700 bits per heavy atom. The van der Waals surface area contributed by atoms with Gasteiger partial charge in [0, 0.05) is 18.1 Å². The number of fused-ring (bicyclic) bond motifs is 1. The summed E-state index contributed by atoms with van der Waals surface area (Å²) in [6.45, 7) is 11.4. The lowest BCUT2D eigenvalue weighted by Crippen LogP contribution is -2.40. The molecule has 0 N–H and O–H groups in total. The maximum absolute atomic E-state index is 14.5. The summed E-state index contributed by atoms with van der Waals surface area (Å²) in [5.74, 6) is -1.38. The van der Waals surface area contributed by atoms with Crippen molar-refractivity contribution in [2.75, 3.05) is 10.0 Å². The number of benzene rings is 3. The fourth-order valence-electron chi connectivity index (χ4n) is 6.62. The van der Waals surface area contributed by atoms with Gasteiger partial charge in [-0.25, -0.2) is 0 Å². The van der Waals surface area contributed by atoms with Gasteiger partial charge < -0.3 is 0 Å². The first kappa shape index (κ1) is 25.6. The van der Waals surface area contributed by atoms with Gasteiger partial charge in [0.1, 0.15) is 10.8 Å². The van der Waals surface area contributed by atoms with Crippen molar-refractivity contribution in [1.29, 1.82) is 0 Å². The van der Waals surface area contributed by atoms with Gasteiger partial charge in [0.2, 0.25) is 0 Å². The highest BCUT2D eigenvalue weighted by Crippen LogP contribution is 2.79. The lowest BCUT2D eigenvalue weighted by molar-refractivity contribution is -0.384. The molecule has 1 fully saturated rings. The Balaban J connectivity index is 1.53. The van der Waals surface area contributed by atoms with Crippen LogP contribution in [0, 0.1) is 48.6 Å². The molecule has 1 saturated carbocycles. The molecular formula is C31H29N5O4. The molecule has 0 radical (unpaired) electrons. The molecule has 1 unspecified atom stereocenters. The molecule has 6 rings (SSSR count). The molecule has 3 aliphatic rings. The van der Waals surface area contributed by atoms with E-state index in [0.717, 1.165) is 22.3 Å². The topological polar surface area (TPSA) is 108 Å². The molecule has 1 aliphatic carbocycles. The predicted molar refractivity (Wildman–Crippen MR) is 154 cm³/mol. The second-order valence-corrected chi connectivity index (χ2v) is 11.0. The number of rotatable bonds is 4. The van der Waals surface area contributed by atoms with Crippen molar-refractivity contribution in [1.82, 2.24) is 0 Å². The molecule has 9 heteroatoms. The number of nitrogens with zero attached hydrogens (tertiary/aromatic N) is 5. The summed E-state index contributed by atoms with van der Waals surface area (Å²) < 4.78 is 0. The van der Waals surface area contributed by atoms with Crippen molar-refractivity contribution in [3.8, 4) is 0 Å². The number of carbonyl (C=O) groups excluding carboxylic acids is 2. The second kappa shape index (κ2) is 8.42. The van der Waals surface area contributed by atoms with Gasteiger partial charge in [-0.2, -0.15) is 20.2 Å². The van der Waals surface area contributed by atoms with Crippen LogP contribution in [0.4, 0.5) is 17.1 Å². The van der Waals surface area contributed by atoms with Gasteiger partial charge in [-0.05, 0) is 93.6 Å². The van der Waals surface area contributed by atoms with Gasteiger partial charge >= 0.3 is 0 Å². The van der Waals surface area contributed by atoms with Crippen molar-refractivity contribution >= 4 is 40.3 Å². The number of hydrogen-bond acceptors (Lipinski definition) is 6. The van der Waals surface area contributed by atoms with Crippen LogP contribution >= 0.6 is 0 Å². The van der Waals surface area contributed by atoms with E-state index in [1.165, 1.54) is 22.2 Å². The molecule has 3 aromatic carbocycles. The van der Waals surface area contributed by atoms with Crippen molar-refractivity contribution in [2.45, 2.75) is 47.5 Å². The fraction of sp³-hybridized carbons (Fsp3) is 0.290. The summed E-state index contributed by atoms with van der Waals surface area (Å²) >= 11 is 0. The van der Waals surface area contributed by atoms with Gasteiger partial charge in [-0.3, -0.25) is 19.7 Å². The van der Waals surface area contributed by atoms with E-state index in [4.69, 9.17) is 10.2 Å². The van der Waals surface area contributed by atoms with Gasteiger partial charge in [0.25, 0.3) is 17.5 Å². The first-order chi connectivity index (χ1) is 19.0. The average molecular weight is 536 g/mol. The Bertz CT molecular complexity index is 1630. The van der Waals surface area contributed by atoms with Crippen LogP contribution in [0.15, 0.2) is 70.9 Å². The molecule has 2 aliphatic heterocycles. The van der Waals surface area contributed by atoms with Gasteiger partial charge in [0.05, 0.1) is 27.7 Å². The Labute approximate surface area is 231 Å². The monoisotopic (exact) mass is 535 g/mol. The Morgan fingerprint density at radius 3 is 1.60 bits per heavy atom. The molecule has 0 aromatic heterocycles. The molecular weight excluding hydrogens is 506 g/mol. The largest absolute Gasteiger partial charge is 0.271 e. The van der Waals surface area contributed by atoms with Crippen molar-refractivity contribution in [3.63, 3.8) is 0 Å². The number of aryl methyl sites for hydroxylation is 4. The molecule has 3 atom stereocenters. The third-order valence-electron chi connectivity index (χ3n) is 8.99. The second-order valence-electron chi connectivity index (χ2n) is 11.0. The summed E-state index contributed by atoms with van der Waals surface area (Å²) in [6.07, 6.45) is 0. The van der Waals surface area contributed by atoms with E-state index in [0.29, 0.717) is 28.4 Å². The molecule has 3 aromatic rings. The number of anilines is 2. The van der Waals surface area contributed by atoms with Crippen LogP contribution in [0.5, 0.6) is 0 Å². The van der Waals surface area contributed by atoms with Crippen LogP contribution in [0.25, 0.3) is 0 Å². The average Bonchev–Trinajstić information content (AvgIpc) is 3.41. The minimum absolute atomic E-state index is 0.105. The van der Waals surface area contributed by atoms with E-state index in [1.54, 1.807) is 26.0 Å². The Hall–Kier alpha value is -4.66. The van der Waals surface area contributed by atoms with Crippen molar-refractivity contribution in [3.05, 3.63) is 98.6 Å². The maximum atomic E-state index is 14.5. The van der Waals surface area contributed by atoms with E-state index in [2.05, 4.69) is 0 Å². The van der Waals surface area contributed by atoms with Crippen LogP contribution in [0.2, 0.25) is 0 Å². The number of hydrogen-bond donors (Lipinski definition) is 0. The normalized spacial score (nSPS) is 25.2. The molecule has 9 nitrogen and oxygen atoms in total. The van der Waals surface area contributed by atoms with Crippen LogP contribution in [0.3, 0.4) is 0 Å². The number of amides is 2. The third-order valence-corrected chi connectivity index (χ3v) is 8.99. The van der Waals surface area contributed by atoms with E-state index in [9.17, 15) is 19.7 Å². The summed E-state index contributed by atoms with van der Waals surface area (Å²) in [4.78, 5) is 40.3. The molecule has 2 amide bonds. The minimum atomic E-state index is -1.36. The summed E-state index contributed by atoms with van der Waals surface area (Å²) in [6, 6.07) is 17.5. The number of non-ortho nitro benzene ring substituents is 1. The number of nitro benzene ring substituents is 1. The first-order valence-corrected chi connectivity index (χ1v) is 13.2. The third kappa shape index (κ3) is 3.08. The van der Waals surface area contributed by atoms with Crippen molar-refractivity contribution < 1.29 is 14.5 Å². The lowest BCUT2D eigenvalue weighted by atomic mass is 9.85. The molecule has 40 heavy (non-hydrogen) atoms. The molecule has 2 spiro atoms. The molecule has 0 bridgehead atoms. The van der Waals surface area contributed by atoms with Crippen molar-refractivity contribution in [2.24, 2.45) is 21.0 Å². The highest BCUT2D eigenvalue weighted by Gasteiger charge is 2.91. The van der Waals surface area contributed by atoms with Crippen LogP contribution in [-0.2, 0) is 9.59 Å². The molecule has 2 heterocycles. The Kier molecular flexibility index (Phi) is 5.39. The first-order valence-electron chi connectivity index (χ1n) is 13.2. The SMILES string of the molecule is CC1=NN(c2ccc(C)c(C)c2)C(=O)[C@@]12C(c1cccc([N+](=O)[O-])c1)[C@]21C(=O)N(c2ccc(C)c(C)c2)N=C1C. The number of carbonyl (C=O) groups is 2. The maximum Gasteiger partial charge on any atom is 0.269 e. The van der Waals surface area contributed by atoms with Gasteiger partial charge in [0.15, 0.2) is 0 Å². The quantitative estimate of drug-likeness (QED) is 0.313. The summed E-state index contributed by atoms with van der Waals surface area (Å²) in [7, 11) is 0. The summed E-state index contributed by atoms with van der Waals surface area (Å²) in [5.41, 5.74) is 4.07. The highest BCUT2D eigenvalue weighted by molar-refractivity contribution is 6.37. The number of hydrazone groups is 2. The Morgan fingerprint density at radius 2 is 1.18 bits per heavy atom. The molecule has 0 saturated heterocycles. The van der Waals surface area contributed by atoms with E-state index < -0.39 is 21.7 Å². The van der Waals surface area contributed by atoms with Gasteiger partial charge in [-0.1, -0.05) is 24.3 Å². The standard InChI is InChI=1S/C31H29N5O4/c1-17-10-12-24(14-19(17)3)34-28(37)30(21(5)32-34)27(23-8-7-9-26(16-23)36(39)40)31(30)22(6)33-35(29(31)38)25-13-11-18(2)20(4)15-25/h7-16,27H,1-6H3/t27?,30-,31+. The zero-order valence-corrected chi connectivity index (χ0v) is 23.2. The van der Waals surface area contributed by atoms with E-state index >= 15 is 0 Å². The van der Waals surface area contributed by atoms with Crippen LogP contribution in [0.1, 0.15) is 47.6 Å². The zero-order chi connectivity index (χ0) is 28.7. The smallest absolute Gasteiger partial charge is 0.269 e. The van der Waals surface area contributed by atoms with E-state index in [1.807, 2.05) is 64.1 Å². The summed E-state index contributed by atoms with van der Waals surface area (Å²) in [5, 5.41) is 23.9. The fourth-order valence-corrected chi connectivity index (χ4v) is 6.62. The predicted octanol–water partition coefficient (Wildman–Crippen LogP) is 5.74. The lowest BCUT2D eigenvalue weighted by Gasteiger charge is -2.19. The van der Waals surface area contributed by atoms with E-state index in [-0.39, 0.29) is 17.5 Å². The zero-order valence-electron chi connectivity index (χ0n) is 23.2. The highest BCUT2D eigenvalue weighted by atomic mass is 16.6. The van der Waals surface area contributed by atoms with Crippen LogP contribution in [-0.4, -0.2) is 28.2 Å². The minimum Gasteiger partial charge on any atom is -0.271 e.